The second-order valence-electron chi connectivity index (χ2n) is 3.10. The highest BCUT2D eigenvalue weighted by molar-refractivity contribution is 6.03. The highest BCUT2D eigenvalue weighted by Crippen LogP contribution is 2.28. The maximum Gasteiger partial charge on any atom is 0.131 e. The fraction of sp³-hybridized carbons (Fsp3) is 0.300. The van der Waals surface area contributed by atoms with Crippen molar-refractivity contribution in [2.24, 2.45) is 5.16 Å². The van der Waals surface area contributed by atoms with Crippen LogP contribution in [-0.2, 0) is 0 Å². The number of nitrogens with zero attached hydrogens (tertiary/aromatic N) is 1. The van der Waals surface area contributed by atoms with E-state index in [1.54, 1.807) is 0 Å². The lowest BCUT2D eigenvalue weighted by Gasteiger charge is -2.19. The first-order valence-electron chi connectivity index (χ1n) is 4.26. The van der Waals surface area contributed by atoms with E-state index in [0.717, 1.165) is 16.9 Å². The van der Waals surface area contributed by atoms with Crippen molar-refractivity contribution in [3.63, 3.8) is 0 Å². The van der Waals surface area contributed by atoms with Gasteiger partial charge in [-0.25, -0.2) is 0 Å². The molecule has 0 atom stereocenters. The van der Waals surface area contributed by atoms with Gasteiger partial charge in [-0.15, -0.1) is 0 Å². The van der Waals surface area contributed by atoms with Crippen molar-refractivity contribution in [1.82, 2.24) is 0 Å². The Balaban J connectivity index is 2.58. The van der Waals surface area contributed by atoms with E-state index >= 15 is 0 Å². The molecule has 0 unspecified atom stereocenters. The zero-order valence-electron chi connectivity index (χ0n) is 7.45. The molecule has 1 N–H and O–H groups in total. The van der Waals surface area contributed by atoms with Gasteiger partial charge in [-0.1, -0.05) is 17.3 Å². The lowest BCUT2D eigenvalue weighted by Crippen LogP contribution is -2.16. The minimum absolute atomic E-state index is 0.594. The molecule has 1 heterocycles. The topological polar surface area (TPSA) is 41.8 Å². The number of aryl methyl sites for hydroxylation is 1. The first kappa shape index (κ1) is 8.10. The number of para-hydroxylation sites is 1. The Morgan fingerprint density at radius 3 is 3.08 bits per heavy atom. The monoisotopic (exact) mass is 177 g/mol. The fourth-order valence-corrected chi connectivity index (χ4v) is 1.56. The molecule has 3 nitrogen and oxygen atoms in total. The summed E-state index contributed by atoms with van der Waals surface area (Å²) in [6.45, 7) is 2.58. The molecule has 0 aliphatic carbocycles. The fourth-order valence-electron chi connectivity index (χ4n) is 1.56. The van der Waals surface area contributed by atoms with E-state index in [1.165, 1.54) is 0 Å². The summed E-state index contributed by atoms with van der Waals surface area (Å²) in [7, 11) is 0. The summed E-state index contributed by atoms with van der Waals surface area (Å²) in [5.41, 5.74) is 2.71. The van der Waals surface area contributed by atoms with Crippen molar-refractivity contribution in [2.75, 3.05) is 6.61 Å². The number of fused-ring (bicyclic) bond motifs is 1. The second kappa shape index (κ2) is 3.09. The molecule has 0 aromatic heterocycles. The van der Waals surface area contributed by atoms with Crippen molar-refractivity contribution in [3.8, 4) is 5.75 Å². The molecule has 0 bridgehead atoms. The summed E-state index contributed by atoms with van der Waals surface area (Å²) in [6, 6.07) is 5.84. The Labute approximate surface area is 76.6 Å². The van der Waals surface area contributed by atoms with Crippen LogP contribution >= 0.6 is 0 Å². The molecule has 1 aliphatic heterocycles. The molecule has 2 rings (SSSR count). The van der Waals surface area contributed by atoms with Gasteiger partial charge in [0.05, 0.1) is 12.3 Å². The molecule has 0 radical (unpaired) electrons. The largest absolute Gasteiger partial charge is 0.492 e. The van der Waals surface area contributed by atoms with Crippen LogP contribution < -0.4 is 4.74 Å². The third-order valence-electron chi connectivity index (χ3n) is 2.23. The van der Waals surface area contributed by atoms with Crippen LogP contribution in [-0.4, -0.2) is 17.5 Å². The van der Waals surface area contributed by atoms with Gasteiger partial charge in [-0.3, -0.25) is 0 Å². The number of rotatable bonds is 0. The molecular weight excluding hydrogens is 166 g/mol. The summed E-state index contributed by atoms with van der Waals surface area (Å²) in [5, 5.41) is 12.0. The predicted octanol–water partition coefficient (Wildman–Crippen LogP) is 1.96. The number of ether oxygens (including phenoxy) is 1. The third-order valence-corrected chi connectivity index (χ3v) is 2.23. The Hall–Kier alpha value is -1.51. The molecule has 0 fully saturated rings. The molecule has 1 aromatic carbocycles. The highest BCUT2D eigenvalue weighted by atomic mass is 16.5. The van der Waals surface area contributed by atoms with E-state index in [4.69, 9.17) is 9.94 Å². The van der Waals surface area contributed by atoms with Gasteiger partial charge >= 0.3 is 0 Å². The van der Waals surface area contributed by atoms with E-state index in [1.807, 2.05) is 25.1 Å². The molecule has 1 aromatic rings. The standard InChI is InChI=1S/C10H11NO2/c1-7-3-2-4-8-9(11-12)5-6-13-10(7)8/h2-4,12H,5-6H2,1H3. The average molecular weight is 177 g/mol. The average Bonchev–Trinajstić information content (AvgIpc) is 2.18. The van der Waals surface area contributed by atoms with Crippen LogP contribution in [0, 0.1) is 6.92 Å². The number of benzene rings is 1. The number of oxime groups is 1. The summed E-state index contributed by atoms with van der Waals surface area (Å²) in [6.07, 6.45) is 0.674. The summed E-state index contributed by atoms with van der Waals surface area (Å²) in [5.74, 6) is 0.849. The van der Waals surface area contributed by atoms with Gasteiger partial charge in [0.2, 0.25) is 0 Å². The number of hydrogen-bond acceptors (Lipinski definition) is 3. The normalized spacial score (nSPS) is 18.1. The lowest BCUT2D eigenvalue weighted by molar-refractivity contribution is 0.297. The molecule has 13 heavy (non-hydrogen) atoms. The number of hydrogen-bond donors (Lipinski definition) is 1. The molecule has 0 amide bonds. The van der Waals surface area contributed by atoms with Crippen LogP contribution in [0.15, 0.2) is 23.4 Å². The molecule has 0 saturated carbocycles. The van der Waals surface area contributed by atoms with Gasteiger partial charge in [-0.05, 0) is 18.6 Å². The first-order valence-corrected chi connectivity index (χ1v) is 4.26. The van der Waals surface area contributed by atoms with Gasteiger partial charge in [-0.2, -0.15) is 0 Å². The summed E-state index contributed by atoms with van der Waals surface area (Å²) in [4.78, 5) is 0. The van der Waals surface area contributed by atoms with E-state index in [-0.39, 0.29) is 0 Å². The molecule has 1 aliphatic rings. The van der Waals surface area contributed by atoms with Crippen LogP contribution in [0.4, 0.5) is 0 Å². The third kappa shape index (κ3) is 1.26. The first-order chi connectivity index (χ1) is 6.33. The van der Waals surface area contributed by atoms with Gasteiger partial charge < -0.3 is 9.94 Å². The smallest absolute Gasteiger partial charge is 0.131 e. The SMILES string of the molecule is Cc1cccc2c1OCCC2=NO. The zero-order valence-corrected chi connectivity index (χ0v) is 7.45. The zero-order chi connectivity index (χ0) is 9.26. The maximum absolute atomic E-state index is 8.76. The van der Waals surface area contributed by atoms with Gasteiger partial charge in [0.25, 0.3) is 0 Å². The van der Waals surface area contributed by atoms with Crippen LogP contribution in [0.3, 0.4) is 0 Å². The molecule has 68 valence electrons. The van der Waals surface area contributed by atoms with Crippen LogP contribution in [0.1, 0.15) is 17.5 Å². The van der Waals surface area contributed by atoms with Gasteiger partial charge in [0.15, 0.2) is 0 Å². The Bertz CT molecular complexity index is 358. The van der Waals surface area contributed by atoms with E-state index < -0.39 is 0 Å². The Morgan fingerprint density at radius 1 is 1.46 bits per heavy atom. The van der Waals surface area contributed by atoms with Gasteiger partial charge in [0, 0.05) is 12.0 Å². The van der Waals surface area contributed by atoms with Crippen molar-refractivity contribution in [2.45, 2.75) is 13.3 Å². The maximum atomic E-state index is 8.76. The minimum atomic E-state index is 0.594. The summed E-state index contributed by atoms with van der Waals surface area (Å²) >= 11 is 0. The summed E-state index contributed by atoms with van der Waals surface area (Å²) < 4.78 is 5.49. The highest BCUT2D eigenvalue weighted by Gasteiger charge is 2.18. The molecule has 0 spiro atoms. The second-order valence-corrected chi connectivity index (χ2v) is 3.10. The Morgan fingerprint density at radius 2 is 2.31 bits per heavy atom. The van der Waals surface area contributed by atoms with Crippen LogP contribution in [0.2, 0.25) is 0 Å². The molecular formula is C10H11NO2. The van der Waals surface area contributed by atoms with Crippen molar-refractivity contribution >= 4 is 5.71 Å². The van der Waals surface area contributed by atoms with Gasteiger partial charge in [0.1, 0.15) is 5.75 Å². The van der Waals surface area contributed by atoms with E-state index in [9.17, 15) is 0 Å². The van der Waals surface area contributed by atoms with Crippen molar-refractivity contribution in [1.29, 1.82) is 0 Å². The predicted molar refractivity (Wildman–Crippen MR) is 49.6 cm³/mol. The van der Waals surface area contributed by atoms with E-state index in [0.29, 0.717) is 18.7 Å². The minimum Gasteiger partial charge on any atom is -0.492 e. The molecule has 0 saturated heterocycles. The van der Waals surface area contributed by atoms with E-state index in [2.05, 4.69) is 5.16 Å². The van der Waals surface area contributed by atoms with Crippen LogP contribution in [0.5, 0.6) is 5.75 Å². The van der Waals surface area contributed by atoms with Crippen molar-refractivity contribution in [3.05, 3.63) is 29.3 Å². The van der Waals surface area contributed by atoms with Crippen molar-refractivity contribution < 1.29 is 9.94 Å². The quantitative estimate of drug-likeness (QED) is 0.486. The van der Waals surface area contributed by atoms with Crippen LogP contribution in [0.25, 0.3) is 0 Å². The molecule has 3 heteroatoms. The Kier molecular flexibility index (Phi) is 1.93. The lowest BCUT2D eigenvalue weighted by atomic mass is 10.0.